The Hall–Kier alpha value is -0.410. The summed E-state index contributed by atoms with van der Waals surface area (Å²) >= 11 is 22.2. The molecule has 1 nitrogen and oxygen atoms in total. The molecule has 100 valence electrons. The Morgan fingerprint density at radius 1 is 1.16 bits per heavy atom. The van der Waals surface area contributed by atoms with Gasteiger partial charge in [-0.1, -0.05) is 41.4 Å². The molecule has 19 heavy (non-hydrogen) atoms. The van der Waals surface area contributed by atoms with E-state index in [-0.39, 0.29) is 5.38 Å². The first-order valence-electron chi connectivity index (χ1n) is 5.46. The van der Waals surface area contributed by atoms with Gasteiger partial charge in [-0.3, -0.25) is 0 Å². The third-order valence-electron chi connectivity index (χ3n) is 2.72. The van der Waals surface area contributed by atoms with Crippen molar-refractivity contribution in [3.05, 3.63) is 62.0 Å². The minimum absolute atomic E-state index is 0.367. The van der Waals surface area contributed by atoms with Crippen molar-refractivity contribution in [1.29, 1.82) is 0 Å². The molecule has 2 rings (SSSR count). The molecule has 0 radical (unpaired) electrons. The van der Waals surface area contributed by atoms with Gasteiger partial charge >= 0.3 is 0 Å². The van der Waals surface area contributed by atoms with Crippen LogP contribution in [-0.4, -0.2) is 7.11 Å². The molecule has 0 saturated carbocycles. The largest absolute Gasteiger partial charge is 0.495 e. The number of rotatable bonds is 3. The fraction of sp³-hybridized carbons (Fsp3) is 0.143. The maximum Gasteiger partial charge on any atom is 0.137 e. The van der Waals surface area contributed by atoms with E-state index >= 15 is 0 Å². The summed E-state index contributed by atoms with van der Waals surface area (Å²) < 4.78 is 5.94. The Bertz CT molecular complexity index is 601. The normalized spacial score (nSPS) is 12.3. The van der Waals surface area contributed by atoms with Gasteiger partial charge in [0.25, 0.3) is 0 Å². The van der Waals surface area contributed by atoms with Gasteiger partial charge in [0.2, 0.25) is 0 Å². The fourth-order valence-corrected chi connectivity index (χ4v) is 2.99. The van der Waals surface area contributed by atoms with Crippen molar-refractivity contribution in [3.63, 3.8) is 0 Å². The van der Waals surface area contributed by atoms with Gasteiger partial charge in [-0.15, -0.1) is 11.6 Å². The summed E-state index contributed by atoms with van der Waals surface area (Å²) in [6.07, 6.45) is 0. The first kappa shape index (κ1) is 15.0. The maximum atomic E-state index is 6.47. The summed E-state index contributed by atoms with van der Waals surface area (Å²) in [5.41, 5.74) is 1.70. The first-order chi connectivity index (χ1) is 9.04. The van der Waals surface area contributed by atoms with Crippen molar-refractivity contribution in [3.8, 4) is 5.75 Å². The number of halogens is 4. The highest BCUT2D eigenvalue weighted by Crippen LogP contribution is 2.39. The second-order valence-corrected chi connectivity index (χ2v) is 5.98. The Morgan fingerprint density at radius 2 is 1.89 bits per heavy atom. The predicted octanol–water partition coefficient (Wildman–Crippen LogP) is 6.09. The van der Waals surface area contributed by atoms with Gasteiger partial charge < -0.3 is 4.74 Å². The molecule has 0 saturated heterocycles. The lowest BCUT2D eigenvalue weighted by Crippen LogP contribution is -1.96. The van der Waals surface area contributed by atoms with Crippen molar-refractivity contribution in [2.75, 3.05) is 7.11 Å². The average molecular weight is 380 g/mol. The van der Waals surface area contributed by atoms with Gasteiger partial charge in [-0.05, 0) is 45.3 Å². The van der Waals surface area contributed by atoms with E-state index in [0.717, 1.165) is 15.6 Å². The molecule has 0 aliphatic carbocycles. The lowest BCUT2D eigenvalue weighted by molar-refractivity contribution is 0.415. The minimum atomic E-state index is -0.367. The maximum absolute atomic E-state index is 6.47. The summed E-state index contributed by atoms with van der Waals surface area (Å²) in [5.74, 6) is 0.620. The molecule has 0 aromatic heterocycles. The molecule has 0 heterocycles. The number of benzene rings is 2. The van der Waals surface area contributed by atoms with Gasteiger partial charge in [0.05, 0.1) is 22.5 Å². The highest BCUT2D eigenvalue weighted by molar-refractivity contribution is 9.10. The van der Waals surface area contributed by atoms with Crippen molar-refractivity contribution < 1.29 is 4.74 Å². The summed E-state index contributed by atoms with van der Waals surface area (Å²) in [6, 6.07) is 11.1. The molecule has 2 aromatic rings. The lowest BCUT2D eigenvalue weighted by atomic mass is 10.0. The van der Waals surface area contributed by atoms with E-state index in [1.54, 1.807) is 19.2 Å². The highest BCUT2D eigenvalue weighted by atomic mass is 79.9. The van der Waals surface area contributed by atoms with Crippen LogP contribution >= 0.6 is 50.7 Å². The Morgan fingerprint density at radius 3 is 2.53 bits per heavy atom. The Balaban J connectivity index is 2.41. The van der Waals surface area contributed by atoms with Crippen LogP contribution in [0.15, 0.2) is 40.9 Å². The van der Waals surface area contributed by atoms with Gasteiger partial charge in [0.1, 0.15) is 5.75 Å². The van der Waals surface area contributed by atoms with E-state index in [1.165, 1.54) is 0 Å². The summed E-state index contributed by atoms with van der Waals surface area (Å²) in [4.78, 5) is 0. The Kier molecular flexibility index (Phi) is 5.02. The SMILES string of the molecule is COc1ccc(C(Cl)c2cccc(Br)c2Cl)cc1Cl. The summed E-state index contributed by atoms with van der Waals surface area (Å²) in [7, 11) is 1.57. The molecule has 0 N–H and O–H groups in total. The number of hydrogen-bond acceptors (Lipinski definition) is 1. The molecule has 1 atom stereocenters. The van der Waals surface area contributed by atoms with Gasteiger partial charge in [-0.25, -0.2) is 0 Å². The number of ether oxygens (including phenoxy) is 1. The van der Waals surface area contributed by atoms with Crippen molar-refractivity contribution in [1.82, 2.24) is 0 Å². The van der Waals surface area contributed by atoms with E-state index in [2.05, 4.69) is 15.9 Å². The highest BCUT2D eigenvalue weighted by Gasteiger charge is 2.17. The molecule has 0 amide bonds. The van der Waals surface area contributed by atoms with E-state index in [1.807, 2.05) is 24.3 Å². The molecule has 0 bridgehead atoms. The van der Waals surface area contributed by atoms with Crippen LogP contribution in [0.4, 0.5) is 0 Å². The van der Waals surface area contributed by atoms with E-state index in [0.29, 0.717) is 15.8 Å². The molecule has 2 aromatic carbocycles. The quantitative estimate of drug-likeness (QED) is 0.585. The predicted molar refractivity (Wildman–Crippen MR) is 84.9 cm³/mol. The van der Waals surface area contributed by atoms with Crippen LogP contribution in [0, 0.1) is 0 Å². The van der Waals surface area contributed by atoms with Crippen molar-refractivity contribution in [2.24, 2.45) is 0 Å². The lowest BCUT2D eigenvalue weighted by Gasteiger charge is -2.14. The zero-order valence-electron chi connectivity index (χ0n) is 9.96. The second-order valence-electron chi connectivity index (χ2n) is 3.90. The first-order valence-corrected chi connectivity index (χ1v) is 7.44. The van der Waals surface area contributed by atoms with Crippen LogP contribution < -0.4 is 4.74 Å². The molecular formula is C14H10BrCl3O. The fourth-order valence-electron chi connectivity index (χ4n) is 1.74. The van der Waals surface area contributed by atoms with E-state index in [9.17, 15) is 0 Å². The molecule has 5 heteroatoms. The standard InChI is InChI=1S/C14H10BrCl3O/c1-19-12-6-5-8(7-11(12)16)13(17)9-3-2-4-10(15)14(9)18/h2-7,13H,1H3. The van der Waals surface area contributed by atoms with Crippen LogP contribution in [-0.2, 0) is 0 Å². The summed E-state index contributed by atoms with van der Waals surface area (Å²) in [5, 5.41) is 0.764. The topological polar surface area (TPSA) is 9.23 Å². The van der Waals surface area contributed by atoms with Crippen LogP contribution in [0.2, 0.25) is 10.0 Å². The van der Waals surface area contributed by atoms with Crippen LogP contribution in [0.3, 0.4) is 0 Å². The van der Waals surface area contributed by atoms with Crippen LogP contribution in [0.1, 0.15) is 16.5 Å². The van der Waals surface area contributed by atoms with Gasteiger partial charge in [0.15, 0.2) is 0 Å². The number of alkyl halides is 1. The van der Waals surface area contributed by atoms with E-state index < -0.39 is 0 Å². The summed E-state index contributed by atoms with van der Waals surface area (Å²) in [6.45, 7) is 0. The zero-order valence-corrected chi connectivity index (χ0v) is 13.8. The molecule has 0 aliphatic rings. The Labute approximate surface area is 135 Å². The monoisotopic (exact) mass is 378 g/mol. The molecular weight excluding hydrogens is 370 g/mol. The van der Waals surface area contributed by atoms with Crippen molar-refractivity contribution in [2.45, 2.75) is 5.38 Å². The van der Waals surface area contributed by atoms with Crippen LogP contribution in [0.5, 0.6) is 5.75 Å². The average Bonchev–Trinajstić information content (AvgIpc) is 2.41. The van der Waals surface area contributed by atoms with Crippen molar-refractivity contribution >= 4 is 50.7 Å². The second kappa shape index (κ2) is 6.36. The molecule has 0 aliphatic heterocycles. The molecule has 1 unspecified atom stereocenters. The zero-order chi connectivity index (χ0) is 14.0. The number of hydrogen-bond donors (Lipinski definition) is 0. The third kappa shape index (κ3) is 3.19. The third-order valence-corrected chi connectivity index (χ3v) is 4.82. The molecule has 0 fully saturated rings. The molecule has 0 spiro atoms. The minimum Gasteiger partial charge on any atom is -0.495 e. The number of methoxy groups -OCH3 is 1. The van der Waals surface area contributed by atoms with Gasteiger partial charge in [0, 0.05) is 4.47 Å². The van der Waals surface area contributed by atoms with Gasteiger partial charge in [-0.2, -0.15) is 0 Å². The van der Waals surface area contributed by atoms with E-state index in [4.69, 9.17) is 39.5 Å². The smallest absolute Gasteiger partial charge is 0.137 e. The van der Waals surface area contributed by atoms with Crippen LogP contribution in [0.25, 0.3) is 0 Å².